The first-order valence-electron chi connectivity index (χ1n) is 6.91. The lowest BCUT2D eigenvalue weighted by Crippen LogP contribution is -2.35. The number of halogens is 1. The fourth-order valence-corrected chi connectivity index (χ4v) is 2.22. The number of alkyl carbamates (subject to hydrolysis) is 1. The van der Waals surface area contributed by atoms with E-state index in [1.807, 2.05) is 30.3 Å². The van der Waals surface area contributed by atoms with Crippen LogP contribution in [0.25, 0.3) is 0 Å². The topological polar surface area (TPSA) is 64.6 Å². The smallest absolute Gasteiger partial charge is 0.408 e. The number of hydrogen-bond acceptors (Lipinski definition) is 4. The van der Waals surface area contributed by atoms with Gasteiger partial charge in [-0.05, 0) is 11.6 Å². The minimum atomic E-state index is -1.03. The second-order valence-corrected chi connectivity index (χ2v) is 5.09. The lowest BCUT2D eigenvalue weighted by molar-refractivity contribution is -0.143. The molecule has 0 aliphatic heterocycles. The molecule has 5 nitrogen and oxygen atoms in total. The highest BCUT2D eigenvalue weighted by Gasteiger charge is 2.26. The summed E-state index contributed by atoms with van der Waals surface area (Å²) in [6.07, 6.45) is -0.732. The van der Waals surface area contributed by atoms with E-state index >= 15 is 0 Å². The Balaban J connectivity index is 2.05. The molecule has 1 N–H and O–H groups in total. The summed E-state index contributed by atoms with van der Waals surface area (Å²) in [5, 5.41) is 2.83. The predicted molar refractivity (Wildman–Crippen MR) is 86.0 cm³/mol. The maximum absolute atomic E-state index is 11.9. The van der Waals surface area contributed by atoms with E-state index in [2.05, 4.69) is 5.32 Å². The van der Waals surface area contributed by atoms with Crippen molar-refractivity contribution in [1.82, 2.24) is 5.32 Å². The maximum Gasteiger partial charge on any atom is 0.408 e. The molecule has 0 saturated carbocycles. The fourth-order valence-electron chi connectivity index (χ4n) is 1.97. The number of carbonyl (C=O) groups is 2. The standard InChI is InChI=1S/C17H16ClNO4/c1-22-16(20)15(13-9-5-6-10-14(13)18)19-17(21)23-11-12-7-3-2-4-8-12/h2-10,15H,11H2,1H3,(H,19,21)/t15-/m1/s1. The normalized spacial score (nSPS) is 11.4. The Morgan fingerprint density at radius 2 is 1.74 bits per heavy atom. The minimum Gasteiger partial charge on any atom is -0.467 e. The first kappa shape index (κ1) is 16.8. The third-order valence-corrected chi connectivity index (χ3v) is 3.47. The van der Waals surface area contributed by atoms with Crippen LogP contribution in [-0.4, -0.2) is 19.2 Å². The number of esters is 1. The predicted octanol–water partition coefficient (Wildman–Crippen LogP) is 3.48. The minimum absolute atomic E-state index is 0.100. The van der Waals surface area contributed by atoms with Crippen LogP contribution in [0.3, 0.4) is 0 Å². The molecule has 23 heavy (non-hydrogen) atoms. The molecule has 2 aromatic rings. The van der Waals surface area contributed by atoms with Gasteiger partial charge in [0.2, 0.25) is 0 Å². The highest BCUT2D eigenvalue weighted by Crippen LogP contribution is 2.23. The highest BCUT2D eigenvalue weighted by molar-refractivity contribution is 6.31. The fraction of sp³-hybridized carbons (Fsp3) is 0.176. The van der Waals surface area contributed by atoms with Crippen molar-refractivity contribution in [3.8, 4) is 0 Å². The number of carbonyl (C=O) groups excluding carboxylic acids is 2. The molecule has 0 heterocycles. The Morgan fingerprint density at radius 1 is 1.09 bits per heavy atom. The monoisotopic (exact) mass is 333 g/mol. The number of nitrogens with one attached hydrogen (secondary N) is 1. The van der Waals surface area contributed by atoms with Crippen molar-refractivity contribution in [3.63, 3.8) is 0 Å². The molecule has 120 valence electrons. The van der Waals surface area contributed by atoms with Gasteiger partial charge in [0.25, 0.3) is 0 Å². The van der Waals surface area contributed by atoms with Crippen molar-refractivity contribution < 1.29 is 19.1 Å². The zero-order chi connectivity index (χ0) is 16.7. The van der Waals surface area contributed by atoms with Crippen molar-refractivity contribution in [2.75, 3.05) is 7.11 Å². The Labute approximate surface area is 139 Å². The van der Waals surface area contributed by atoms with Gasteiger partial charge in [-0.1, -0.05) is 60.1 Å². The van der Waals surface area contributed by atoms with E-state index < -0.39 is 18.1 Å². The van der Waals surface area contributed by atoms with Gasteiger partial charge in [0.15, 0.2) is 6.04 Å². The lowest BCUT2D eigenvalue weighted by Gasteiger charge is -2.17. The summed E-state index contributed by atoms with van der Waals surface area (Å²) in [4.78, 5) is 23.9. The molecule has 2 rings (SSSR count). The molecule has 2 aromatic carbocycles. The Hall–Kier alpha value is -2.53. The van der Waals surface area contributed by atoms with Crippen LogP contribution in [0.15, 0.2) is 54.6 Å². The van der Waals surface area contributed by atoms with Gasteiger partial charge >= 0.3 is 12.1 Å². The molecular formula is C17H16ClNO4. The summed E-state index contributed by atoms with van der Waals surface area (Å²) in [6, 6.07) is 14.9. The van der Waals surface area contributed by atoms with E-state index in [1.165, 1.54) is 7.11 Å². The molecule has 0 fully saturated rings. The molecule has 0 saturated heterocycles. The Bertz CT molecular complexity index is 675. The number of amides is 1. The highest BCUT2D eigenvalue weighted by atomic mass is 35.5. The van der Waals surface area contributed by atoms with Gasteiger partial charge in [0, 0.05) is 10.6 Å². The number of ether oxygens (including phenoxy) is 2. The quantitative estimate of drug-likeness (QED) is 0.851. The molecule has 0 radical (unpaired) electrons. The molecule has 6 heteroatoms. The Kier molecular flexibility index (Phi) is 6.00. The maximum atomic E-state index is 11.9. The molecule has 0 aromatic heterocycles. The Morgan fingerprint density at radius 3 is 2.39 bits per heavy atom. The van der Waals surface area contributed by atoms with E-state index in [4.69, 9.17) is 21.1 Å². The molecule has 1 atom stereocenters. The van der Waals surface area contributed by atoms with Gasteiger partial charge in [-0.15, -0.1) is 0 Å². The van der Waals surface area contributed by atoms with E-state index in [0.29, 0.717) is 10.6 Å². The molecule has 0 aliphatic rings. The van der Waals surface area contributed by atoms with Gasteiger partial charge in [-0.25, -0.2) is 9.59 Å². The van der Waals surface area contributed by atoms with Gasteiger partial charge in [-0.2, -0.15) is 0 Å². The van der Waals surface area contributed by atoms with Crippen LogP contribution in [0.1, 0.15) is 17.2 Å². The van der Waals surface area contributed by atoms with E-state index in [1.54, 1.807) is 24.3 Å². The molecule has 0 aliphatic carbocycles. The zero-order valence-electron chi connectivity index (χ0n) is 12.5. The summed E-state index contributed by atoms with van der Waals surface area (Å²) in [6.45, 7) is 0.100. The summed E-state index contributed by atoms with van der Waals surface area (Å²) >= 11 is 6.08. The van der Waals surface area contributed by atoms with Gasteiger partial charge in [-0.3, -0.25) is 0 Å². The van der Waals surface area contributed by atoms with E-state index in [9.17, 15) is 9.59 Å². The molecule has 0 unspecified atom stereocenters. The number of hydrogen-bond donors (Lipinski definition) is 1. The number of rotatable bonds is 5. The first-order chi connectivity index (χ1) is 11.1. The summed E-state index contributed by atoms with van der Waals surface area (Å²) in [5.74, 6) is -0.630. The van der Waals surface area contributed by atoms with E-state index in [0.717, 1.165) is 5.56 Å². The van der Waals surface area contributed by atoms with Crippen molar-refractivity contribution in [1.29, 1.82) is 0 Å². The van der Waals surface area contributed by atoms with E-state index in [-0.39, 0.29) is 6.61 Å². The van der Waals surface area contributed by atoms with Crippen molar-refractivity contribution >= 4 is 23.7 Å². The number of methoxy groups -OCH3 is 1. The van der Waals surface area contributed by atoms with Crippen LogP contribution in [0, 0.1) is 0 Å². The lowest BCUT2D eigenvalue weighted by atomic mass is 10.1. The molecule has 0 spiro atoms. The van der Waals surface area contributed by atoms with Crippen LogP contribution in [-0.2, 0) is 20.9 Å². The van der Waals surface area contributed by atoms with Gasteiger partial charge in [0.05, 0.1) is 7.11 Å². The summed E-state index contributed by atoms with van der Waals surface area (Å²) in [7, 11) is 1.24. The molecule has 0 bridgehead atoms. The first-order valence-corrected chi connectivity index (χ1v) is 7.29. The van der Waals surface area contributed by atoms with Crippen LogP contribution in [0.2, 0.25) is 5.02 Å². The third kappa shape index (κ3) is 4.72. The average molecular weight is 334 g/mol. The average Bonchev–Trinajstić information content (AvgIpc) is 2.59. The van der Waals surface area contributed by atoms with Crippen molar-refractivity contribution in [3.05, 3.63) is 70.7 Å². The molecule has 1 amide bonds. The van der Waals surface area contributed by atoms with Gasteiger partial charge < -0.3 is 14.8 Å². The second kappa shape index (κ2) is 8.19. The van der Waals surface area contributed by atoms with Crippen LogP contribution in [0.4, 0.5) is 4.79 Å². The summed E-state index contributed by atoms with van der Waals surface area (Å²) < 4.78 is 9.83. The molecular weight excluding hydrogens is 318 g/mol. The van der Waals surface area contributed by atoms with Crippen molar-refractivity contribution in [2.24, 2.45) is 0 Å². The van der Waals surface area contributed by atoms with Crippen molar-refractivity contribution in [2.45, 2.75) is 12.6 Å². The third-order valence-electron chi connectivity index (χ3n) is 3.13. The van der Waals surface area contributed by atoms with Crippen LogP contribution in [0.5, 0.6) is 0 Å². The zero-order valence-corrected chi connectivity index (χ0v) is 13.2. The van der Waals surface area contributed by atoms with Crippen LogP contribution >= 0.6 is 11.6 Å². The summed E-state index contributed by atoms with van der Waals surface area (Å²) in [5.41, 5.74) is 1.28. The second-order valence-electron chi connectivity index (χ2n) is 4.68. The van der Waals surface area contributed by atoms with Gasteiger partial charge in [0.1, 0.15) is 6.61 Å². The number of benzene rings is 2. The largest absolute Gasteiger partial charge is 0.467 e. The van der Waals surface area contributed by atoms with Crippen LogP contribution < -0.4 is 5.32 Å². The SMILES string of the molecule is COC(=O)[C@H](NC(=O)OCc1ccccc1)c1ccccc1Cl.